The summed E-state index contributed by atoms with van der Waals surface area (Å²) in [5.74, 6) is -3.55. The van der Waals surface area contributed by atoms with Gasteiger partial charge in [-0.1, -0.05) is 35.5 Å². The predicted molar refractivity (Wildman–Crippen MR) is 93.0 cm³/mol. The van der Waals surface area contributed by atoms with Gasteiger partial charge in [0, 0.05) is 15.0 Å². The van der Waals surface area contributed by atoms with Crippen LogP contribution in [-0.2, 0) is 0 Å². The van der Waals surface area contributed by atoms with Crippen LogP contribution in [0.5, 0.6) is 0 Å². The van der Waals surface area contributed by atoms with Crippen molar-refractivity contribution in [1.82, 2.24) is 0 Å². The largest absolute Gasteiger partial charge is 0.320 e. The van der Waals surface area contributed by atoms with Crippen molar-refractivity contribution >= 4 is 56.4 Å². The fourth-order valence-corrected chi connectivity index (χ4v) is 4.17. The van der Waals surface area contributed by atoms with Crippen LogP contribution in [0.15, 0.2) is 47.4 Å². The highest BCUT2D eigenvalue weighted by Gasteiger charge is 2.19. The Balaban J connectivity index is 1.92. The number of hydrogen-bond donors (Lipinski definition) is 1. The summed E-state index contributed by atoms with van der Waals surface area (Å²) in [6.45, 7) is 0. The van der Waals surface area contributed by atoms with E-state index in [1.165, 1.54) is 30.3 Å². The Morgan fingerprint density at radius 3 is 2.71 bits per heavy atom. The molecule has 0 atom stereocenters. The van der Waals surface area contributed by atoms with Gasteiger partial charge < -0.3 is 5.32 Å². The first-order valence-corrected chi connectivity index (χ1v) is 8.76. The second kappa shape index (κ2) is 7.04. The van der Waals surface area contributed by atoms with Gasteiger partial charge in [-0.25, -0.2) is 4.39 Å². The Morgan fingerprint density at radius 1 is 1.21 bits per heavy atom. The number of halogens is 4. The second-order valence-electron chi connectivity index (χ2n) is 4.71. The molecule has 0 unspecified atom stereocenters. The van der Waals surface area contributed by atoms with Crippen molar-refractivity contribution in [3.63, 3.8) is 0 Å². The quantitative estimate of drug-likeness (QED) is 0.535. The van der Waals surface area contributed by atoms with Crippen molar-refractivity contribution in [3.05, 3.63) is 58.2 Å². The molecule has 0 spiro atoms. The van der Waals surface area contributed by atoms with Gasteiger partial charge in [0.25, 0.3) is 11.7 Å². The number of thiophene rings is 1. The SMILES string of the molecule is O=C(Nc1ccccc1SC(F)F)c1sc2cc(F)ccc2c1Cl. The van der Waals surface area contributed by atoms with Gasteiger partial charge in [-0.2, -0.15) is 8.78 Å². The molecule has 2 nitrogen and oxygen atoms in total. The normalized spacial score (nSPS) is 11.2. The molecule has 1 heterocycles. The van der Waals surface area contributed by atoms with E-state index in [9.17, 15) is 18.0 Å². The van der Waals surface area contributed by atoms with Crippen LogP contribution < -0.4 is 5.32 Å². The molecule has 0 aliphatic rings. The Bertz CT molecular complexity index is 913. The monoisotopic (exact) mass is 387 g/mol. The number of fused-ring (bicyclic) bond motifs is 1. The standard InChI is InChI=1S/C16H9ClF3NOS2/c17-13-9-6-5-8(18)7-12(9)23-14(13)15(22)21-10-3-1-2-4-11(10)24-16(19)20/h1-7,16H,(H,21,22). The number of para-hydroxylation sites is 1. The Kier molecular flexibility index (Phi) is 5.03. The van der Waals surface area contributed by atoms with Gasteiger partial charge >= 0.3 is 0 Å². The van der Waals surface area contributed by atoms with Gasteiger partial charge in [0.05, 0.1) is 10.7 Å². The number of hydrogen-bond acceptors (Lipinski definition) is 3. The van der Waals surface area contributed by atoms with Gasteiger partial charge in [0.2, 0.25) is 0 Å². The molecule has 124 valence electrons. The highest BCUT2D eigenvalue weighted by molar-refractivity contribution is 7.99. The first-order chi connectivity index (χ1) is 11.5. The molecule has 0 fully saturated rings. The molecule has 0 radical (unpaired) electrons. The van der Waals surface area contributed by atoms with Gasteiger partial charge in [-0.05, 0) is 30.3 Å². The summed E-state index contributed by atoms with van der Waals surface area (Å²) in [6, 6.07) is 10.3. The summed E-state index contributed by atoms with van der Waals surface area (Å²) in [5.41, 5.74) is 0.271. The summed E-state index contributed by atoms with van der Waals surface area (Å²) in [5, 5.41) is 3.37. The highest BCUT2D eigenvalue weighted by atomic mass is 35.5. The van der Waals surface area contributed by atoms with Crippen molar-refractivity contribution in [3.8, 4) is 0 Å². The third-order valence-electron chi connectivity index (χ3n) is 3.15. The fourth-order valence-electron chi connectivity index (χ4n) is 2.13. The van der Waals surface area contributed by atoms with Crippen LogP contribution >= 0.6 is 34.7 Å². The number of anilines is 1. The zero-order valence-electron chi connectivity index (χ0n) is 11.9. The van der Waals surface area contributed by atoms with Gasteiger partial charge in [-0.15, -0.1) is 11.3 Å². The van der Waals surface area contributed by atoms with Crippen LogP contribution in [0.2, 0.25) is 5.02 Å². The van der Waals surface area contributed by atoms with E-state index in [0.29, 0.717) is 21.8 Å². The highest BCUT2D eigenvalue weighted by Crippen LogP contribution is 2.37. The number of benzene rings is 2. The first kappa shape index (κ1) is 17.1. The van der Waals surface area contributed by atoms with Crippen LogP contribution in [0.1, 0.15) is 9.67 Å². The van der Waals surface area contributed by atoms with E-state index in [2.05, 4.69) is 5.32 Å². The average Bonchev–Trinajstić information content (AvgIpc) is 2.85. The van der Waals surface area contributed by atoms with Crippen molar-refractivity contribution in [1.29, 1.82) is 0 Å². The van der Waals surface area contributed by atoms with E-state index >= 15 is 0 Å². The maximum absolute atomic E-state index is 13.3. The molecule has 0 aliphatic heterocycles. The molecule has 8 heteroatoms. The van der Waals surface area contributed by atoms with Crippen molar-refractivity contribution in [2.24, 2.45) is 0 Å². The zero-order chi connectivity index (χ0) is 17.3. The van der Waals surface area contributed by atoms with E-state index in [1.807, 2.05) is 0 Å². The molecule has 1 N–H and O–H groups in total. The molecule has 3 rings (SSSR count). The van der Waals surface area contributed by atoms with E-state index in [-0.39, 0.29) is 20.5 Å². The third-order valence-corrected chi connectivity index (χ3v) is 5.59. The molecule has 24 heavy (non-hydrogen) atoms. The summed E-state index contributed by atoms with van der Waals surface area (Å²) in [4.78, 5) is 12.9. The predicted octanol–water partition coefficient (Wildman–Crippen LogP) is 6.26. The molecule has 0 saturated heterocycles. The minimum absolute atomic E-state index is 0.203. The maximum Gasteiger partial charge on any atom is 0.288 e. The Labute approximate surface area is 148 Å². The number of carbonyl (C=O) groups excluding carboxylic acids is 1. The lowest BCUT2D eigenvalue weighted by Crippen LogP contribution is -2.11. The third kappa shape index (κ3) is 3.53. The van der Waals surface area contributed by atoms with Crippen molar-refractivity contribution in [2.45, 2.75) is 10.7 Å². The molecule has 0 aliphatic carbocycles. The molecule has 0 saturated carbocycles. The first-order valence-electron chi connectivity index (χ1n) is 6.68. The molecule has 0 bridgehead atoms. The topological polar surface area (TPSA) is 29.1 Å². The lowest BCUT2D eigenvalue weighted by atomic mass is 10.2. The van der Waals surface area contributed by atoms with Crippen LogP contribution in [0.25, 0.3) is 10.1 Å². The molecule has 3 aromatic rings. The second-order valence-corrected chi connectivity index (χ2v) is 7.18. The number of carbonyl (C=O) groups is 1. The Hall–Kier alpha value is -1.70. The van der Waals surface area contributed by atoms with Crippen LogP contribution in [-0.4, -0.2) is 11.7 Å². The number of rotatable bonds is 4. The molecular formula is C16H9ClF3NOS2. The summed E-state index contributed by atoms with van der Waals surface area (Å²) in [6.07, 6.45) is 0. The fraction of sp³-hybridized carbons (Fsp3) is 0.0625. The van der Waals surface area contributed by atoms with Crippen LogP contribution in [0.4, 0.5) is 18.9 Å². The smallest absolute Gasteiger partial charge is 0.288 e. The van der Waals surface area contributed by atoms with Gasteiger partial charge in [-0.3, -0.25) is 4.79 Å². The molecule has 2 aromatic carbocycles. The number of alkyl halides is 2. The average molecular weight is 388 g/mol. The minimum atomic E-state index is -2.60. The summed E-state index contributed by atoms with van der Waals surface area (Å²) >= 11 is 7.59. The molecule has 1 aromatic heterocycles. The summed E-state index contributed by atoms with van der Waals surface area (Å²) < 4.78 is 39.0. The number of amides is 1. The Morgan fingerprint density at radius 2 is 1.96 bits per heavy atom. The van der Waals surface area contributed by atoms with E-state index in [1.54, 1.807) is 12.1 Å². The lowest BCUT2D eigenvalue weighted by molar-refractivity contribution is 0.103. The maximum atomic E-state index is 13.3. The number of thioether (sulfide) groups is 1. The van der Waals surface area contributed by atoms with Crippen LogP contribution in [0.3, 0.4) is 0 Å². The summed E-state index contributed by atoms with van der Waals surface area (Å²) in [7, 11) is 0. The minimum Gasteiger partial charge on any atom is -0.320 e. The van der Waals surface area contributed by atoms with Gasteiger partial charge in [0.15, 0.2) is 0 Å². The molecular weight excluding hydrogens is 379 g/mol. The van der Waals surface area contributed by atoms with E-state index in [0.717, 1.165) is 11.3 Å². The van der Waals surface area contributed by atoms with Gasteiger partial charge in [0.1, 0.15) is 10.7 Å². The van der Waals surface area contributed by atoms with Crippen LogP contribution in [0, 0.1) is 5.82 Å². The van der Waals surface area contributed by atoms with Crippen molar-refractivity contribution < 1.29 is 18.0 Å². The van der Waals surface area contributed by atoms with E-state index < -0.39 is 17.5 Å². The van der Waals surface area contributed by atoms with Crippen molar-refractivity contribution in [2.75, 3.05) is 5.32 Å². The zero-order valence-corrected chi connectivity index (χ0v) is 14.2. The lowest BCUT2D eigenvalue weighted by Gasteiger charge is -2.09. The molecule has 1 amide bonds. The number of nitrogens with one attached hydrogen (secondary N) is 1. The van der Waals surface area contributed by atoms with E-state index in [4.69, 9.17) is 11.6 Å².